The van der Waals surface area contributed by atoms with Crippen LogP contribution in [0.25, 0.3) is 10.8 Å². The molecule has 2 aromatic rings. The van der Waals surface area contributed by atoms with Crippen LogP contribution in [0, 0.1) is 0 Å². The number of amides is 2. The Bertz CT molecular complexity index is 630. The zero-order chi connectivity index (χ0) is 14.0. The molecule has 0 radical (unpaired) electrons. The van der Waals surface area contributed by atoms with Crippen molar-refractivity contribution in [2.45, 2.75) is 24.9 Å². The second-order valence-electron chi connectivity index (χ2n) is 5.41. The van der Waals surface area contributed by atoms with Gasteiger partial charge in [0, 0.05) is 11.9 Å². The van der Waals surface area contributed by atoms with E-state index in [1.54, 1.807) is 0 Å². The highest BCUT2D eigenvalue weighted by Crippen LogP contribution is 2.30. The number of anilines is 1. The van der Waals surface area contributed by atoms with Crippen molar-refractivity contribution in [3.05, 3.63) is 42.5 Å². The summed E-state index contributed by atoms with van der Waals surface area (Å²) in [5, 5.41) is 17.6. The Morgan fingerprint density at radius 1 is 1.15 bits per heavy atom. The minimum atomic E-state index is -0.698. The smallest absolute Gasteiger partial charge is 0.319 e. The predicted molar refractivity (Wildman–Crippen MR) is 79.8 cm³/mol. The first-order valence-corrected chi connectivity index (χ1v) is 6.91. The molecular weight excluding hydrogens is 252 g/mol. The summed E-state index contributed by atoms with van der Waals surface area (Å²) in [7, 11) is 0. The van der Waals surface area contributed by atoms with Crippen molar-refractivity contribution in [3.63, 3.8) is 0 Å². The second kappa shape index (κ2) is 5.13. The van der Waals surface area contributed by atoms with Crippen LogP contribution in [0.4, 0.5) is 10.5 Å². The number of rotatable bonds is 3. The number of fused-ring (bicyclic) bond motifs is 1. The molecule has 3 rings (SSSR count). The van der Waals surface area contributed by atoms with Gasteiger partial charge in [0.25, 0.3) is 0 Å². The summed E-state index contributed by atoms with van der Waals surface area (Å²) in [6.07, 6.45) is 2.56. The van der Waals surface area contributed by atoms with Crippen LogP contribution in [0.15, 0.2) is 42.5 Å². The Labute approximate surface area is 117 Å². The van der Waals surface area contributed by atoms with Crippen molar-refractivity contribution in [2.24, 2.45) is 0 Å². The van der Waals surface area contributed by atoms with Crippen LogP contribution >= 0.6 is 0 Å². The average molecular weight is 270 g/mol. The molecule has 4 heteroatoms. The molecule has 1 fully saturated rings. The van der Waals surface area contributed by atoms with Crippen LogP contribution in [0.2, 0.25) is 0 Å². The SMILES string of the molecule is O=C(NCC1(O)CCC1)Nc1cccc2ccccc12. The Balaban J connectivity index is 1.68. The maximum absolute atomic E-state index is 11.9. The number of aliphatic hydroxyl groups is 1. The van der Waals surface area contributed by atoms with Gasteiger partial charge in [-0.25, -0.2) is 4.79 Å². The van der Waals surface area contributed by atoms with Crippen LogP contribution in [-0.2, 0) is 0 Å². The number of carbonyl (C=O) groups is 1. The zero-order valence-corrected chi connectivity index (χ0v) is 11.2. The number of benzene rings is 2. The fourth-order valence-corrected chi connectivity index (χ4v) is 2.51. The fraction of sp³-hybridized carbons (Fsp3) is 0.312. The van der Waals surface area contributed by atoms with Crippen molar-refractivity contribution in [1.82, 2.24) is 5.32 Å². The molecule has 0 spiro atoms. The van der Waals surface area contributed by atoms with E-state index in [2.05, 4.69) is 10.6 Å². The third-order valence-corrected chi connectivity index (χ3v) is 3.90. The van der Waals surface area contributed by atoms with Gasteiger partial charge >= 0.3 is 6.03 Å². The fourth-order valence-electron chi connectivity index (χ4n) is 2.51. The molecule has 0 unspecified atom stereocenters. The largest absolute Gasteiger partial charge is 0.388 e. The number of carbonyl (C=O) groups excluding carboxylic acids is 1. The van der Waals surface area contributed by atoms with Crippen molar-refractivity contribution >= 4 is 22.5 Å². The van der Waals surface area contributed by atoms with Gasteiger partial charge in [-0.1, -0.05) is 36.4 Å². The van der Waals surface area contributed by atoms with Gasteiger partial charge in [0.15, 0.2) is 0 Å². The summed E-state index contributed by atoms with van der Waals surface area (Å²) in [5.41, 5.74) is 0.0806. The second-order valence-corrected chi connectivity index (χ2v) is 5.41. The average Bonchev–Trinajstić information content (AvgIpc) is 2.43. The Kier molecular flexibility index (Phi) is 3.32. The van der Waals surface area contributed by atoms with Gasteiger partial charge in [-0.05, 0) is 30.7 Å². The van der Waals surface area contributed by atoms with Crippen LogP contribution in [0.5, 0.6) is 0 Å². The van der Waals surface area contributed by atoms with Gasteiger partial charge < -0.3 is 15.7 Å². The van der Waals surface area contributed by atoms with Crippen molar-refractivity contribution in [1.29, 1.82) is 0 Å². The van der Waals surface area contributed by atoms with Gasteiger partial charge in [0.05, 0.1) is 11.3 Å². The number of urea groups is 1. The summed E-state index contributed by atoms with van der Waals surface area (Å²) in [6.45, 7) is 0.309. The number of hydrogen-bond donors (Lipinski definition) is 3. The molecule has 4 nitrogen and oxygen atoms in total. The number of hydrogen-bond acceptors (Lipinski definition) is 2. The van der Waals surface area contributed by atoms with Crippen LogP contribution in [0.1, 0.15) is 19.3 Å². The molecule has 3 N–H and O–H groups in total. The summed E-state index contributed by atoms with van der Waals surface area (Å²) in [5.74, 6) is 0. The highest BCUT2D eigenvalue weighted by atomic mass is 16.3. The first-order valence-electron chi connectivity index (χ1n) is 6.91. The molecule has 1 aliphatic rings. The van der Waals surface area contributed by atoms with Crippen LogP contribution in [0.3, 0.4) is 0 Å². The number of nitrogens with one attached hydrogen (secondary N) is 2. The van der Waals surface area contributed by atoms with E-state index in [0.717, 1.165) is 35.7 Å². The maximum Gasteiger partial charge on any atom is 0.319 e. The van der Waals surface area contributed by atoms with Crippen LogP contribution < -0.4 is 10.6 Å². The van der Waals surface area contributed by atoms with Crippen LogP contribution in [-0.4, -0.2) is 23.3 Å². The molecule has 1 saturated carbocycles. The van der Waals surface area contributed by atoms with Gasteiger partial charge in [0.1, 0.15) is 0 Å². The molecule has 0 saturated heterocycles. The summed E-state index contributed by atoms with van der Waals surface area (Å²) in [4.78, 5) is 11.9. The molecule has 0 atom stereocenters. The summed E-state index contributed by atoms with van der Waals surface area (Å²) >= 11 is 0. The van der Waals surface area contributed by atoms with Gasteiger partial charge in [-0.15, -0.1) is 0 Å². The molecule has 20 heavy (non-hydrogen) atoms. The lowest BCUT2D eigenvalue weighted by atomic mass is 9.80. The third kappa shape index (κ3) is 2.60. The minimum absolute atomic E-state index is 0.276. The lowest BCUT2D eigenvalue weighted by molar-refractivity contribution is -0.0287. The highest BCUT2D eigenvalue weighted by Gasteiger charge is 2.34. The van der Waals surface area contributed by atoms with E-state index in [1.807, 2.05) is 42.5 Å². The summed E-state index contributed by atoms with van der Waals surface area (Å²) in [6, 6.07) is 13.4. The van der Waals surface area contributed by atoms with E-state index >= 15 is 0 Å². The van der Waals surface area contributed by atoms with Gasteiger partial charge in [-0.3, -0.25) is 0 Å². The Hall–Kier alpha value is -2.07. The molecule has 1 aliphatic carbocycles. The lowest BCUT2D eigenvalue weighted by Gasteiger charge is -2.36. The Morgan fingerprint density at radius 2 is 1.90 bits per heavy atom. The van der Waals surface area contributed by atoms with E-state index in [0.29, 0.717) is 6.54 Å². The molecule has 2 amide bonds. The van der Waals surface area contributed by atoms with E-state index in [1.165, 1.54) is 0 Å². The van der Waals surface area contributed by atoms with Crippen molar-refractivity contribution in [2.75, 3.05) is 11.9 Å². The standard InChI is InChI=1S/C16H18N2O2/c19-15(17-11-16(20)9-4-10-16)18-14-8-3-6-12-5-1-2-7-13(12)14/h1-3,5-8,20H,4,9-11H2,(H2,17,18,19). The minimum Gasteiger partial charge on any atom is -0.388 e. The van der Waals surface area contributed by atoms with Gasteiger partial charge in [-0.2, -0.15) is 0 Å². The third-order valence-electron chi connectivity index (χ3n) is 3.90. The van der Waals surface area contributed by atoms with E-state index in [9.17, 15) is 9.90 Å². The molecule has 104 valence electrons. The quantitative estimate of drug-likeness (QED) is 0.803. The first kappa shape index (κ1) is 12.9. The highest BCUT2D eigenvalue weighted by molar-refractivity contribution is 6.01. The van der Waals surface area contributed by atoms with E-state index in [4.69, 9.17) is 0 Å². The van der Waals surface area contributed by atoms with Crippen molar-refractivity contribution < 1.29 is 9.90 Å². The molecule has 0 aromatic heterocycles. The first-order chi connectivity index (χ1) is 9.66. The Morgan fingerprint density at radius 3 is 2.65 bits per heavy atom. The van der Waals surface area contributed by atoms with E-state index in [-0.39, 0.29) is 6.03 Å². The monoisotopic (exact) mass is 270 g/mol. The predicted octanol–water partition coefficient (Wildman–Crippen LogP) is 2.88. The molecular formula is C16H18N2O2. The molecule has 2 aromatic carbocycles. The van der Waals surface area contributed by atoms with Crippen molar-refractivity contribution in [3.8, 4) is 0 Å². The molecule has 0 bridgehead atoms. The summed E-state index contributed by atoms with van der Waals surface area (Å²) < 4.78 is 0. The molecule has 0 heterocycles. The molecule has 0 aliphatic heterocycles. The maximum atomic E-state index is 11.9. The lowest BCUT2D eigenvalue weighted by Crippen LogP contribution is -2.48. The zero-order valence-electron chi connectivity index (χ0n) is 11.2. The topological polar surface area (TPSA) is 61.4 Å². The van der Waals surface area contributed by atoms with E-state index < -0.39 is 5.60 Å². The van der Waals surface area contributed by atoms with Gasteiger partial charge in [0.2, 0.25) is 0 Å². The normalized spacial score (nSPS) is 16.4.